The highest BCUT2D eigenvalue weighted by Gasteiger charge is 2.18. The Hall–Kier alpha value is -0.870. The minimum Gasteiger partial charge on any atom is -0.481 e. The zero-order chi connectivity index (χ0) is 13.5. The maximum Gasteiger partial charge on any atom is 0.306 e. The highest BCUT2D eigenvalue weighted by Crippen LogP contribution is 2.17. The van der Waals surface area contributed by atoms with Crippen LogP contribution < -0.4 is 0 Å². The molecule has 1 aromatic rings. The van der Waals surface area contributed by atoms with Gasteiger partial charge in [-0.05, 0) is 44.4 Å². The quantitative estimate of drug-likeness (QED) is 0.837. The molecule has 3 nitrogen and oxygen atoms in total. The average molecular weight is 315 g/mol. The third kappa shape index (κ3) is 5.65. The third-order valence-electron chi connectivity index (χ3n) is 2.64. The van der Waals surface area contributed by atoms with E-state index in [1.807, 2.05) is 38.1 Å². The number of rotatable bonds is 7. The predicted molar refractivity (Wildman–Crippen MR) is 74.7 cm³/mol. The van der Waals surface area contributed by atoms with Crippen molar-refractivity contribution in [2.75, 3.05) is 6.61 Å². The number of carboxylic acid groups (broad SMARTS) is 1. The Morgan fingerprint density at radius 1 is 1.44 bits per heavy atom. The van der Waals surface area contributed by atoms with Gasteiger partial charge in [0.1, 0.15) is 0 Å². The second-order valence-electron chi connectivity index (χ2n) is 4.58. The van der Waals surface area contributed by atoms with E-state index in [1.165, 1.54) is 0 Å². The Morgan fingerprint density at radius 3 is 2.72 bits per heavy atom. The van der Waals surface area contributed by atoms with Crippen molar-refractivity contribution in [2.24, 2.45) is 5.92 Å². The monoisotopic (exact) mass is 314 g/mol. The van der Waals surface area contributed by atoms with Crippen molar-refractivity contribution in [3.05, 3.63) is 34.3 Å². The fourth-order valence-electron chi connectivity index (χ4n) is 1.71. The molecular formula is C14H19BrO3. The molecule has 1 aromatic carbocycles. The molecule has 1 unspecified atom stereocenters. The summed E-state index contributed by atoms with van der Waals surface area (Å²) in [6.07, 6.45) is 1.22. The van der Waals surface area contributed by atoms with Gasteiger partial charge in [0, 0.05) is 11.1 Å². The predicted octanol–water partition coefficient (Wildman–Crippen LogP) is 3.51. The van der Waals surface area contributed by atoms with E-state index < -0.39 is 11.9 Å². The van der Waals surface area contributed by atoms with Crippen molar-refractivity contribution >= 4 is 21.9 Å². The van der Waals surface area contributed by atoms with E-state index in [2.05, 4.69) is 15.9 Å². The summed E-state index contributed by atoms with van der Waals surface area (Å²) in [5.41, 5.74) is 1.03. The molecule has 18 heavy (non-hydrogen) atoms. The Labute approximate surface area is 116 Å². The van der Waals surface area contributed by atoms with Crippen LogP contribution in [0, 0.1) is 5.92 Å². The lowest BCUT2D eigenvalue weighted by molar-refractivity contribution is -0.142. The molecule has 0 radical (unpaired) electrons. The molecule has 0 saturated heterocycles. The second-order valence-corrected chi connectivity index (χ2v) is 5.49. The van der Waals surface area contributed by atoms with Gasteiger partial charge in [-0.2, -0.15) is 0 Å². The van der Waals surface area contributed by atoms with Gasteiger partial charge < -0.3 is 9.84 Å². The van der Waals surface area contributed by atoms with E-state index in [0.717, 1.165) is 10.0 Å². The van der Waals surface area contributed by atoms with Crippen LogP contribution in [0.4, 0.5) is 0 Å². The van der Waals surface area contributed by atoms with E-state index in [1.54, 1.807) is 0 Å². The summed E-state index contributed by atoms with van der Waals surface area (Å²) < 4.78 is 6.39. The molecule has 0 bridgehead atoms. The maximum absolute atomic E-state index is 11.2. The number of hydrogen-bond donors (Lipinski definition) is 1. The molecule has 0 saturated carbocycles. The van der Waals surface area contributed by atoms with Crippen molar-refractivity contribution in [3.8, 4) is 0 Å². The molecule has 0 aromatic heterocycles. The first-order valence-electron chi connectivity index (χ1n) is 6.08. The SMILES string of the molecule is CC(C)OCCC(Cc1cccc(Br)c1)C(=O)O. The van der Waals surface area contributed by atoms with Gasteiger partial charge in [0.15, 0.2) is 0 Å². The average Bonchev–Trinajstić information content (AvgIpc) is 2.27. The van der Waals surface area contributed by atoms with Crippen LogP contribution >= 0.6 is 15.9 Å². The number of carboxylic acids is 1. The summed E-state index contributed by atoms with van der Waals surface area (Å²) in [5, 5.41) is 9.20. The molecule has 4 heteroatoms. The van der Waals surface area contributed by atoms with E-state index in [-0.39, 0.29) is 6.10 Å². The first kappa shape index (κ1) is 15.2. The molecular weight excluding hydrogens is 296 g/mol. The highest BCUT2D eigenvalue weighted by molar-refractivity contribution is 9.10. The topological polar surface area (TPSA) is 46.5 Å². The summed E-state index contributed by atoms with van der Waals surface area (Å²) in [6.45, 7) is 4.39. The summed E-state index contributed by atoms with van der Waals surface area (Å²) in [7, 11) is 0. The molecule has 100 valence electrons. The first-order chi connectivity index (χ1) is 8.49. The van der Waals surface area contributed by atoms with Gasteiger partial charge in [-0.15, -0.1) is 0 Å². The van der Waals surface area contributed by atoms with Crippen molar-refractivity contribution in [1.29, 1.82) is 0 Å². The molecule has 1 N–H and O–H groups in total. The third-order valence-corrected chi connectivity index (χ3v) is 3.13. The lowest BCUT2D eigenvalue weighted by Gasteiger charge is -2.14. The van der Waals surface area contributed by atoms with Crippen molar-refractivity contribution in [2.45, 2.75) is 32.8 Å². The number of halogens is 1. The van der Waals surface area contributed by atoms with Crippen LogP contribution in [0.15, 0.2) is 28.7 Å². The van der Waals surface area contributed by atoms with Crippen LogP contribution in [-0.4, -0.2) is 23.8 Å². The Balaban J connectivity index is 2.55. The summed E-state index contributed by atoms with van der Waals surface area (Å²) >= 11 is 3.39. The molecule has 0 aliphatic heterocycles. The van der Waals surface area contributed by atoms with Gasteiger partial charge in [-0.25, -0.2) is 0 Å². The van der Waals surface area contributed by atoms with Crippen LogP contribution in [0.25, 0.3) is 0 Å². The first-order valence-corrected chi connectivity index (χ1v) is 6.87. The maximum atomic E-state index is 11.2. The van der Waals surface area contributed by atoms with E-state index in [9.17, 15) is 9.90 Å². The van der Waals surface area contributed by atoms with E-state index >= 15 is 0 Å². The Kier molecular flexibility index (Phi) is 6.36. The molecule has 0 spiro atoms. The number of ether oxygens (including phenoxy) is 1. The fraction of sp³-hybridized carbons (Fsp3) is 0.500. The molecule has 0 heterocycles. The minimum absolute atomic E-state index is 0.144. The van der Waals surface area contributed by atoms with Crippen LogP contribution in [0.5, 0.6) is 0 Å². The Bertz CT molecular complexity index is 390. The molecule has 0 amide bonds. The van der Waals surface area contributed by atoms with Gasteiger partial charge >= 0.3 is 5.97 Å². The molecule has 0 aliphatic rings. The van der Waals surface area contributed by atoms with Crippen LogP contribution in [0.1, 0.15) is 25.8 Å². The lowest BCUT2D eigenvalue weighted by Crippen LogP contribution is -2.19. The summed E-state index contributed by atoms with van der Waals surface area (Å²) in [5.74, 6) is -1.15. The summed E-state index contributed by atoms with van der Waals surface area (Å²) in [4.78, 5) is 11.2. The van der Waals surface area contributed by atoms with Gasteiger partial charge in [0.2, 0.25) is 0 Å². The smallest absolute Gasteiger partial charge is 0.306 e. The van der Waals surface area contributed by atoms with Gasteiger partial charge in [-0.1, -0.05) is 28.1 Å². The highest BCUT2D eigenvalue weighted by atomic mass is 79.9. The van der Waals surface area contributed by atoms with Gasteiger partial charge in [0.05, 0.1) is 12.0 Å². The van der Waals surface area contributed by atoms with Crippen molar-refractivity contribution in [3.63, 3.8) is 0 Å². The lowest BCUT2D eigenvalue weighted by atomic mass is 9.97. The Morgan fingerprint density at radius 2 is 2.17 bits per heavy atom. The zero-order valence-corrected chi connectivity index (χ0v) is 12.3. The molecule has 1 rings (SSSR count). The second kappa shape index (κ2) is 7.54. The number of benzene rings is 1. The van der Waals surface area contributed by atoms with Crippen LogP contribution in [0.3, 0.4) is 0 Å². The van der Waals surface area contributed by atoms with Crippen molar-refractivity contribution in [1.82, 2.24) is 0 Å². The molecule has 0 aliphatic carbocycles. The standard InChI is InChI=1S/C14H19BrO3/c1-10(2)18-7-6-12(14(16)17)8-11-4-3-5-13(15)9-11/h3-5,9-10,12H,6-8H2,1-2H3,(H,16,17). The normalized spacial score (nSPS) is 12.7. The van der Waals surface area contributed by atoms with E-state index in [0.29, 0.717) is 19.4 Å². The summed E-state index contributed by atoms with van der Waals surface area (Å²) in [6, 6.07) is 7.76. The van der Waals surface area contributed by atoms with Gasteiger partial charge in [-0.3, -0.25) is 4.79 Å². The zero-order valence-electron chi connectivity index (χ0n) is 10.7. The number of aliphatic carboxylic acids is 1. The number of hydrogen-bond acceptors (Lipinski definition) is 2. The minimum atomic E-state index is -0.762. The largest absolute Gasteiger partial charge is 0.481 e. The van der Waals surface area contributed by atoms with E-state index in [4.69, 9.17) is 4.74 Å². The van der Waals surface area contributed by atoms with Crippen LogP contribution in [0.2, 0.25) is 0 Å². The fourth-order valence-corrected chi connectivity index (χ4v) is 2.15. The van der Waals surface area contributed by atoms with Crippen molar-refractivity contribution < 1.29 is 14.6 Å². The van der Waals surface area contributed by atoms with Gasteiger partial charge in [0.25, 0.3) is 0 Å². The molecule has 1 atom stereocenters. The number of carbonyl (C=O) groups is 1. The molecule has 0 fully saturated rings. The van der Waals surface area contributed by atoms with Crippen LogP contribution in [-0.2, 0) is 16.0 Å².